The molecule has 1 unspecified atom stereocenters. The van der Waals surface area contributed by atoms with E-state index in [1.54, 1.807) is 0 Å². The third-order valence-corrected chi connectivity index (χ3v) is 4.84. The van der Waals surface area contributed by atoms with Crippen molar-refractivity contribution in [1.29, 1.82) is 0 Å². The summed E-state index contributed by atoms with van der Waals surface area (Å²) in [4.78, 5) is 2.47. The zero-order valence-electron chi connectivity index (χ0n) is 11.2. The second kappa shape index (κ2) is 5.80. The average molecular weight is 273 g/mol. The van der Waals surface area contributed by atoms with E-state index in [0.717, 1.165) is 12.6 Å². The van der Waals surface area contributed by atoms with Gasteiger partial charge >= 0.3 is 0 Å². The van der Waals surface area contributed by atoms with Crippen molar-refractivity contribution in [3.05, 3.63) is 48.3 Å². The van der Waals surface area contributed by atoms with Crippen LogP contribution >= 0.6 is 11.8 Å². The molecule has 0 N–H and O–H groups in total. The second-order valence-corrected chi connectivity index (χ2v) is 6.16. The number of nitrogens with zero attached hydrogens (tertiary/aromatic N) is 3. The van der Waals surface area contributed by atoms with Gasteiger partial charge in [0.2, 0.25) is 0 Å². The normalized spacial score (nSPS) is 19.2. The zero-order valence-corrected chi connectivity index (χ0v) is 12.0. The first-order chi connectivity index (χ1) is 9.34. The quantitative estimate of drug-likeness (QED) is 0.855. The average Bonchev–Trinajstić information content (AvgIpc) is 3.13. The maximum absolute atomic E-state index is 4.35. The maximum Gasteiger partial charge on any atom is 0.0690 e. The summed E-state index contributed by atoms with van der Waals surface area (Å²) in [5, 5.41) is 4.35. The summed E-state index contributed by atoms with van der Waals surface area (Å²) in [5.74, 6) is 2.57. The Kier molecular flexibility index (Phi) is 3.89. The first-order valence-electron chi connectivity index (χ1n) is 6.70. The molecule has 0 saturated carbocycles. The smallest absolute Gasteiger partial charge is 0.0690 e. The highest BCUT2D eigenvalue weighted by molar-refractivity contribution is 7.99. The minimum atomic E-state index is 0.718. The molecule has 1 fully saturated rings. The van der Waals surface area contributed by atoms with Crippen molar-refractivity contribution in [2.24, 2.45) is 0 Å². The van der Waals surface area contributed by atoms with Crippen LogP contribution < -0.4 is 0 Å². The van der Waals surface area contributed by atoms with Gasteiger partial charge < -0.3 is 0 Å². The molecule has 0 aliphatic carbocycles. The summed E-state index contributed by atoms with van der Waals surface area (Å²) in [6, 6.07) is 11.2. The second-order valence-electron chi connectivity index (χ2n) is 5.01. The van der Waals surface area contributed by atoms with Gasteiger partial charge in [0.15, 0.2) is 0 Å². The molecular formula is C15H19N3S. The monoisotopic (exact) mass is 273 g/mol. The fourth-order valence-corrected chi connectivity index (χ4v) is 3.85. The maximum atomic E-state index is 4.35. The van der Waals surface area contributed by atoms with E-state index < -0.39 is 0 Å². The Balaban J connectivity index is 1.80. The van der Waals surface area contributed by atoms with Gasteiger partial charge in [-0.05, 0) is 36.9 Å². The number of hydrogen-bond donors (Lipinski definition) is 0. The minimum Gasteiger partial charge on any atom is -0.298 e. The number of rotatable bonds is 4. The van der Waals surface area contributed by atoms with Gasteiger partial charge in [0.1, 0.15) is 0 Å². The molecule has 1 saturated heterocycles. The zero-order chi connectivity index (χ0) is 13.1. The summed E-state index contributed by atoms with van der Waals surface area (Å²) in [7, 11) is 2.23. The lowest BCUT2D eigenvalue weighted by Crippen LogP contribution is -2.31. The Morgan fingerprint density at radius 2 is 2.26 bits per heavy atom. The van der Waals surface area contributed by atoms with Gasteiger partial charge in [-0.3, -0.25) is 4.90 Å². The molecule has 1 atom stereocenters. The van der Waals surface area contributed by atoms with E-state index in [1.807, 2.05) is 23.1 Å². The molecule has 3 rings (SSSR count). The van der Waals surface area contributed by atoms with Crippen molar-refractivity contribution >= 4 is 11.8 Å². The number of aromatic nitrogens is 2. The molecule has 19 heavy (non-hydrogen) atoms. The summed E-state index contributed by atoms with van der Waals surface area (Å²) < 4.78 is 1.95. The third-order valence-electron chi connectivity index (χ3n) is 3.69. The predicted molar refractivity (Wildman–Crippen MR) is 80.8 cm³/mol. The molecule has 1 aliphatic rings. The van der Waals surface area contributed by atoms with Crippen molar-refractivity contribution in [2.75, 3.05) is 18.6 Å². The van der Waals surface area contributed by atoms with Crippen LogP contribution in [-0.2, 0) is 6.54 Å². The highest BCUT2D eigenvalue weighted by Crippen LogP contribution is 2.24. The molecule has 4 heteroatoms. The number of thioether (sulfide) groups is 1. The first kappa shape index (κ1) is 12.8. The molecule has 0 spiro atoms. The summed E-state index contributed by atoms with van der Waals surface area (Å²) in [5.41, 5.74) is 2.52. The van der Waals surface area contributed by atoms with Gasteiger partial charge in [-0.25, -0.2) is 4.68 Å². The number of hydrogen-bond acceptors (Lipinski definition) is 3. The molecule has 1 aromatic carbocycles. The van der Waals surface area contributed by atoms with Crippen LogP contribution in [0.25, 0.3) is 5.69 Å². The topological polar surface area (TPSA) is 21.1 Å². The lowest BCUT2D eigenvalue weighted by Gasteiger charge is -2.24. The van der Waals surface area contributed by atoms with Crippen molar-refractivity contribution in [1.82, 2.24) is 14.7 Å². The summed E-state index contributed by atoms with van der Waals surface area (Å²) in [6.45, 7) is 0.987. The van der Waals surface area contributed by atoms with Crippen LogP contribution in [0.1, 0.15) is 12.0 Å². The van der Waals surface area contributed by atoms with E-state index >= 15 is 0 Å². The molecule has 2 heterocycles. The van der Waals surface area contributed by atoms with Crippen LogP contribution in [0.2, 0.25) is 0 Å². The SMILES string of the molecule is CN(Cc1ccccc1-n1cccn1)C1CCSC1. The molecule has 0 bridgehead atoms. The largest absolute Gasteiger partial charge is 0.298 e. The molecule has 1 aromatic heterocycles. The molecule has 1 aliphatic heterocycles. The van der Waals surface area contributed by atoms with E-state index in [-0.39, 0.29) is 0 Å². The summed E-state index contributed by atoms with van der Waals surface area (Å²) in [6.07, 6.45) is 5.14. The van der Waals surface area contributed by atoms with Gasteiger partial charge in [0.25, 0.3) is 0 Å². The first-order valence-corrected chi connectivity index (χ1v) is 7.86. The van der Waals surface area contributed by atoms with Gasteiger partial charge in [0.05, 0.1) is 5.69 Å². The fourth-order valence-electron chi connectivity index (χ4n) is 2.55. The van der Waals surface area contributed by atoms with Crippen LogP contribution in [0.5, 0.6) is 0 Å². The van der Waals surface area contributed by atoms with Gasteiger partial charge in [-0.2, -0.15) is 16.9 Å². The van der Waals surface area contributed by atoms with E-state index in [1.165, 1.54) is 29.2 Å². The van der Waals surface area contributed by atoms with Crippen molar-refractivity contribution in [3.63, 3.8) is 0 Å². The Morgan fingerprint density at radius 1 is 1.37 bits per heavy atom. The van der Waals surface area contributed by atoms with Gasteiger partial charge in [0, 0.05) is 30.7 Å². The van der Waals surface area contributed by atoms with Crippen LogP contribution in [-0.4, -0.2) is 39.3 Å². The van der Waals surface area contributed by atoms with Crippen LogP contribution in [0.3, 0.4) is 0 Å². The van der Waals surface area contributed by atoms with Crippen LogP contribution in [0.4, 0.5) is 0 Å². The van der Waals surface area contributed by atoms with Crippen molar-refractivity contribution in [3.8, 4) is 5.69 Å². The Hall–Kier alpha value is -1.26. The highest BCUT2D eigenvalue weighted by atomic mass is 32.2. The summed E-state index contributed by atoms with van der Waals surface area (Å²) >= 11 is 2.06. The predicted octanol–water partition coefficient (Wildman–Crippen LogP) is 2.81. The van der Waals surface area contributed by atoms with Crippen molar-refractivity contribution < 1.29 is 0 Å². The Labute approximate surface area is 118 Å². The molecule has 0 amide bonds. The molecule has 2 aromatic rings. The van der Waals surface area contributed by atoms with Crippen molar-refractivity contribution in [2.45, 2.75) is 19.0 Å². The lowest BCUT2D eigenvalue weighted by atomic mass is 10.1. The van der Waals surface area contributed by atoms with Crippen LogP contribution in [0, 0.1) is 0 Å². The third kappa shape index (κ3) is 2.85. The number of benzene rings is 1. The Morgan fingerprint density at radius 3 is 3.00 bits per heavy atom. The number of para-hydroxylation sites is 1. The van der Waals surface area contributed by atoms with Gasteiger partial charge in [-0.15, -0.1) is 0 Å². The molecule has 0 radical (unpaired) electrons. The Bertz CT molecular complexity index is 518. The van der Waals surface area contributed by atoms with Crippen LogP contribution in [0.15, 0.2) is 42.7 Å². The van der Waals surface area contributed by atoms with E-state index in [0.29, 0.717) is 0 Å². The fraction of sp³-hybridized carbons (Fsp3) is 0.400. The lowest BCUT2D eigenvalue weighted by molar-refractivity contribution is 0.254. The highest BCUT2D eigenvalue weighted by Gasteiger charge is 2.20. The van der Waals surface area contributed by atoms with Gasteiger partial charge in [-0.1, -0.05) is 18.2 Å². The standard InChI is InChI=1S/C15H19N3S/c1-17(14-7-10-19-12-14)11-13-5-2-3-6-15(13)18-9-4-8-16-18/h2-6,8-9,14H,7,10-12H2,1H3. The molecular weight excluding hydrogens is 254 g/mol. The van der Waals surface area contributed by atoms with E-state index in [2.05, 4.69) is 53.1 Å². The van der Waals surface area contributed by atoms with E-state index in [9.17, 15) is 0 Å². The molecule has 3 nitrogen and oxygen atoms in total. The molecule has 100 valence electrons. The minimum absolute atomic E-state index is 0.718. The van der Waals surface area contributed by atoms with E-state index in [4.69, 9.17) is 0 Å².